The summed E-state index contributed by atoms with van der Waals surface area (Å²) in [5.41, 5.74) is 1.95. The van der Waals surface area contributed by atoms with Crippen LogP contribution >= 0.6 is 12.2 Å². The van der Waals surface area contributed by atoms with E-state index >= 15 is 0 Å². The third kappa shape index (κ3) is 2.71. The average Bonchev–Trinajstić information content (AvgIpc) is 3.15. The van der Waals surface area contributed by atoms with Gasteiger partial charge in [-0.25, -0.2) is 4.79 Å². The maximum Gasteiger partial charge on any atom is 0.335 e. The highest BCUT2D eigenvalue weighted by atomic mass is 32.1. The van der Waals surface area contributed by atoms with Gasteiger partial charge < -0.3 is 10.1 Å². The van der Waals surface area contributed by atoms with Crippen molar-refractivity contribution in [1.29, 1.82) is 0 Å². The molecule has 1 aromatic carbocycles. The van der Waals surface area contributed by atoms with Gasteiger partial charge in [-0.05, 0) is 42.4 Å². The zero-order valence-electron chi connectivity index (χ0n) is 11.6. The van der Waals surface area contributed by atoms with E-state index in [2.05, 4.69) is 15.2 Å². The van der Waals surface area contributed by atoms with E-state index in [1.54, 1.807) is 12.1 Å². The molecule has 0 aliphatic heterocycles. The second kappa shape index (κ2) is 5.98. The number of hydrogen-bond acceptors (Lipinski definition) is 3. The summed E-state index contributed by atoms with van der Waals surface area (Å²) in [6, 6.07) is 10.8. The molecule has 2 aromatic heterocycles. The number of carbonyl (C=O) groups is 1. The summed E-state index contributed by atoms with van der Waals surface area (Å²) in [6.45, 7) is 0.550. The lowest BCUT2D eigenvalue weighted by atomic mass is 10.0. The Morgan fingerprint density at radius 2 is 2.09 bits per heavy atom. The summed E-state index contributed by atoms with van der Waals surface area (Å²) in [6.07, 6.45) is 2.38. The Morgan fingerprint density at radius 1 is 1.27 bits per heavy atom. The largest absolute Gasteiger partial charge is 0.478 e. The van der Waals surface area contributed by atoms with Crippen LogP contribution in [0.1, 0.15) is 15.9 Å². The highest BCUT2D eigenvalue weighted by Crippen LogP contribution is 2.16. The lowest BCUT2D eigenvalue weighted by Crippen LogP contribution is -2.08. The zero-order valence-corrected chi connectivity index (χ0v) is 12.4. The molecule has 0 unspecified atom stereocenters. The fourth-order valence-corrected chi connectivity index (χ4v) is 2.60. The molecular formula is C15H14N4O2S. The van der Waals surface area contributed by atoms with Gasteiger partial charge in [0.2, 0.25) is 0 Å². The van der Waals surface area contributed by atoms with Gasteiger partial charge in [-0.15, -0.1) is 0 Å². The van der Waals surface area contributed by atoms with Crippen molar-refractivity contribution in [2.45, 2.75) is 13.0 Å². The molecule has 112 valence electrons. The van der Waals surface area contributed by atoms with Crippen LogP contribution in [0.5, 0.6) is 0 Å². The molecule has 3 rings (SSSR count). The zero-order chi connectivity index (χ0) is 15.5. The topological polar surface area (TPSA) is 86.7 Å². The van der Waals surface area contributed by atoms with Crippen LogP contribution < -0.4 is 0 Å². The van der Waals surface area contributed by atoms with Crippen molar-refractivity contribution in [3.8, 4) is 11.5 Å². The lowest BCUT2D eigenvalue weighted by molar-refractivity contribution is 0.0695. The van der Waals surface area contributed by atoms with Crippen LogP contribution in [0.4, 0.5) is 0 Å². The van der Waals surface area contributed by atoms with Gasteiger partial charge in [0.05, 0.1) is 11.3 Å². The lowest BCUT2D eigenvalue weighted by Gasteiger charge is -2.08. The van der Waals surface area contributed by atoms with Gasteiger partial charge in [0, 0.05) is 12.7 Å². The van der Waals surface area contributed by atoms with Crippen LogP contribution in [0.15, 0.2) is 42.6 Å². The Bertz CT molecular complexity index is 849. The molecule has 2 heterocycles. The summed E-state index contributed by atoms with van der Waals surface area (Å²) in [5.74, 6) is -0.209. The van der Waals surface area contributed by atoms with E-state index in [1.165, 1.54) is 0 Å². The molecule has 0 atom stereocenters. The minimum atomic E-state index is -0.920. The van der Waals surface area contributed by atoms with E-state index in [1.807, 2.05) is 35.0 Å². The van der Waals surface area contributed by atoms with Crippen molar-refractivity contribution in [1.82, 2.24) is 19.7 Å². The first-order valence-electron chi connectivity index (χ1n) is 6.77. The first-order valence-corrected chi connectivity index (χ1v) is 7.18. The van der Waals surface area contributed by atoms with Crippen molar-refractivity contribution in [2.75, 3.05) is 0 Å². The third-order valence-electron chi connectivity index (χ3n) is 3.45. The predicted octanol–water partition coefficient (Wildman–Crippen LogP) is 2.88. The van der Waals surface area contributed by atoms with Crippen molar-refractivity contribution in [2.24, 2.45) is 0 Å². The normalized spacial score (nSPS) is 10.7. The van der Waals surface area contributed by atoms with Crippen LogP contribution in [0, 0.1) is 4.77 Å². The van der Waals surface area contributed by atoms with Crippen molar-refractivity contribution < 1.29 is 9.90 Å². The van der Waals surface area contributed by atoms with E-state index in [0.717, 1.165) is 11.3 Å². The monoisotopic (exact) mass is 314 g/mol. The van der Waals surface area contributed by atoms with Gasteiger partial charge in [-0.3, -0.25) is 9.67 Å². The fourth-order valence-electron chi connectivity index (χ4n) is 2.38. The Kier molecular flexibility index (Phi) is 3.88. The molecule has 0 aliphatic rings. The first kappa shape index (κ1) is 14.3. The van der Waals surface area contributed by atoms with Crippen molar-refractivity contribution >= 4 is 18.2 Å². The minimum absolute atomic E-state index is 0.318. The molecular weight excluding hydrogens is 300 g/mol. The summed E-state index contributed by atoms with van der Waals surface area (Å²) in [5, 5.41) is 16.2. The molecule has 0 spiro atoms. The first-order chi connectivity index (χ1) is 10.7. The molecule has 0 saturated carbocycles. The van der Waals surface area contributed by atoms with E-state index in [0.29, 0.717) is 29.1 Å². The average molecular weight is 314 g/mol. The SMILES string of the molecule is O=C(O)c1ccccc1CCn1c(-c2ccc[nH]2)n[nH]c1=S. The van der Waals surface area contributed by atoms with Gasteiger partial charge in [-0.1, -0.05) is 18.2 Å². The highest BCUT2D eigenvalue weighted by Gasteiger charge is 2.12. The van der Waals surface area contributed by atoms with Gasteiger partial charge in [0.1, 0.15) is 0 Å². The van der Waals surface area contributed by atoms with E-state index in [9.17, 15) is 9.90 Å². The van der Waals surface area contributed by atoms with E-state index < -0.39 is 5.97 Å². The second-order valence-electron chi connectivity index (χ2n) is 4.80. The number of nitrogens with one attached hydrogen (secondary N) is 2. The Hall–Kier alpha value is -2.67. The number of H-pyrrole nitrogens is 2. The van der Waals surface area contributed by atoms with Crippen LogP contribution in [0.3, 0.4) is 0 Å². The Morgan fingerprint density at radius 3 is 2.82 bits per heavy atom. The minimum Gasteiger partial charge on any atom is -0.478 e. The molecule has 0 aliphatic carbocycles. The fraction of sp³-hybridized carbons (Fsp3) is 0.133. The molecule has 0 saturated heterocycles. The van der Waals surface area contributed by atoms with Crippen LogP contribution in [0.2, 0.25) is 0 Å². The molecule has 7 heteroatoms. The van der Waals surface area contributed by atoms with Crippen molar-refractivity contribution in [3.63, 3.8) is 0 Å². The summed E-state index contributed by atoms with van der Waals surface area (Å²) in [7, 11) is 0. The van der Waals surface area contributed by atoms with Crippen LogP contribution in [0.25, 0.3) is 11.5 Å². The van der Waals surface area contributed by atoms with Gasteiger partial charge in [0.15, 0.2) is 10.6 Å². The molecule has 0 radical (unpaired) electrons. The summed E-state index contributed by atoms with van der Waals surface area (Å²) < 4.78 is 2.37. The number of aromatic carboxylic acids is 1. The number of carboxylic acids is 1. The number of nitrogens with zero attached hydrogens (tertiary/aromatic N) is 2. The Labute approximate surface area is 131 Å². The second-order valence-corrected chi connectivity index (χ2v) is 5.19. The molecule has 6 nitrogen and oxygen atoms in total. The smallest absolute Gasteiger partial charge is 0.335 e. The highest BCUT2D eigenvalue weighted by molar-refractivity contribution is 7.71. The summed E-state index contributed by atoms with van der Waals surface area (Å²) in [4.78, 5) is 14.3. The number of aromatic amines is 2. The maximum atomic E-state index is 11.3. The molecule has 3 aromatic rings. The number of hydrogen-bond donors (Lipinski definition) is 3. The van der Waals surface area contributed by atoms with Crippen LogP contribution in [-0.2, 0) is 13.0 Å². The number of benzene rings is 1. The standard InChI is InChI=1S/C15H14N4O2S/c20-14(21)11-5-2-1-4-10(11)7-9-19-13(17-18-15(19)22)12-6-3-8-16-12/h1-6,8,16H,7,9H2,(H,18,22)(H,20,21). The molecule has 22 heavy (non-hydrogen) atoms. The van der Waals surface area contributed by atoms with Crippen LogP contribution in [-0.4, -0.2) is 30.8 Å². The third-order valence-corrected chi connectivity index (χ3v) is 3.76. The molecule has 0 fully saturated rings. The number of aryl methyl sites for hydroxylation is 1. The van der Waals surface area contributed by atoms with E-state index in [-0.39, 0.29) is 0 Å². The summed E-state index contributed by atoms with van der Waals surface area (Å²) >= 11 is 5.26. The quantitative estimate of drug-likeness (QED) is 0.632. The number of aromatic nitrogens is 4. The maximum absolute atomic E-state index is 11.3. The molecule has 3 N–H and O–H groups in total. The van der Waals surface area contributed by atoms with Gasteiger partial charge in [-0.2, -0.15) is 5.10 Å². The number of rotatable bonds is 5. The Balaban J connectivity index is 1.88. The van der Waals surface area contributed by atoms with Gasteiger partial charge in [0.25, 0.3) is 0 Å². The molecule has 0 bridgehead atoms. The van der Waals surface area contributed by atoms with Crippen molar-refractivity contribution in [3.05, 3.63) is 58.5 Å². The van der Waals surface area contributed by atoms with E-state index in [4.69, 9.17) is 12.2 Å². The predicted molar refractivity (Wildman–Crippen MR) is 84.3 cm³/mol. The number of carboxylic acid groups (broad SMARTS) is 1. The molecule has 0 amide bonds. The van der Waals surface area contributed by atoms with Gasteiger partial charge >= 0.3 is 5.97 Å².